The molecular formula is C12H11N2. The summed E-state index contributed by atoms with van der Waals surface area (Å²) in [7, 11) is 0. The van der Waals surface area contributed by atoms with E-state index in [0.717, 1.165) is 22.4 Å². The lowest BCUT2D eigenvalue weighted by Gasteiger charge is -2.03. The molecule has 14 heavy (non-hydrogen) atoms. The smallest absolute Gasteiger partial charge is 0.0987 e. The Morgan fingerprint density at radius 1 is 1.29 bits per heavy atom. The number of rotatable bonds is 1. The van der Waals surface area contributed by atoms with Crippen LogP contribution in [-0.2, 0) is 0 Å². The average Bonchev–Trinajstić information content (AvgIpc) is 2.18. The monoisotopic (exact) mass is 183 g/mol. The van der Waals surface area contributed by atoms with E-state index in [4.69, 9.17) is 0 Å². The predicted octanol–water partition coefficient (Wildman–Crippen LogP) is 2.56. The molecule has 2 aromatic rings. The van der Waals surface area contributed by atoms with Gasteiger partial charge in [0, 0.05) is 18.0 Å². The Hall–Kier alpha value is -1.70. The number of aromatic nitrogens is 2. The second kappa shape index (κ2) is 3.58. The van der Waals surface area contributed by atoms with Crippen molar-refractivity contribution >= 4 is 0 Å². The van der Waals surface area contributed by atoms with Gasteiger partial charge in [-0.2, -0.15) is 0 Å². The van der Waals surface area contributed by atoms with Crippen LogP contribution < -0.4 is 0 Å². The van der Waals surface area contributed by atoms with Gasteiger partial charge in [0.15, 0.2) is 0 Å². The van der Waals surface area contributed by atoms with E-state index >= 15 is 0 Å². The molecule has 0 atom stereocenters. The van der Waals surface area contributed by atoms with E-state index in [1.807, 2.05) is 32.0 Å². The third-order valence-corrected chi connectivity index (χ3v) is 2.09. The minimum Gasteiger partial charge on any atom is -0.256 e. The Balaban J connectivity index is 2.55. The average molecular weight is 183 g/mol. The van der Waals surface area contributed by atoms with E-state index in [0.29, 0.717) is 0 Å². The summed E-state index contributed by atoms with van der Waals surface area (Å²) in [6, 6.07) is 6.02. The maximum absolute atomic E-state index is 4.32. The summed E-state index contributed by atoms with van der Waals surface area (Å²) < 4.78 is 0. The summed E-state index contributed by atoms with van der Waals surface area (Å²) in [5.41, 5.74) is 4.20. The van der Waals surface area contributed by atoms with Crippen LogP contribution in [0.5, 0.6) is 0 Å². The highest BCUT2D eigenvalue weighted by atomic mass is 14.7. The molecule has 1 radical (unpaired) electrons. The van der Waals surface area contributed by atoms with Gasteiger partial charge in [0.2, 0.25) is 0 Å². The second-order valence-electron chi connectivity index (χ2n) is 3.34. The molecule has 2 heterocycles. The standard InChI is InChI=1S/C12H11N2/c1-9-6-11(8-13-7-9)12-10(2)4-3-5-14-12/h3-7H,1-2H3. The van der Waals surface area contributed by atoms with Gasteiger partial charge in [0.05, 0.1) is 11.9 Å². The summed E-state index contributed by atoms with van der Waals surface area (Å²) in [5.74, 6) is 0. The third-order valence-electron chi connectivity index (χ3n) is 2.09. The number of aryl methyl sites for hydroxylation is 2. The van der Waals surface area contributed by atoms with Crippen LogP contribution in [0.15, 0.2) is 30.6 Å². The van der Waals surface area contributed by atoms with Gasteiger partial charge >= 0.3 is 0 Å². The van der Waals surface area contributed by atoms with Gasteiger partial charge in [-0.1, -0.05) is 6.07 Å². The van der Waals surface area contributed by atoms with Crippen LogP contribution in [0.1, 0.15) is 11.1 Å². The number of pyridine rings is 2. The molecule has 0 spiro atoms. The molecule has 69 valence electrons. The molecule has 0 amide bonds. The zero-order valence-corrected chi connectivity index (χ0v) is 8.28. The van der Waals surface area contributed by atoms with Crippen molar-refractivity contribution in [2.24, 2.45) is 0 Å². The molecule has 2 nitrogen and oxygen atoms in total. The van der Waals surface area contributed by atoms with Gasteiger partial charge in [-0.05, 0) is 37.1 Å². The van der Waals surface area contributed by atoms with Crippen molar-refractivity contribution in [1.29, 1.82) is 0 Å². The Bertz CT molecular complexity index is 450. The predicted molar refractivity (Wildman–Crippen MR) is 55.8 cm³/mol. The van der Waals surface area contributed by atoms with E-state index in [-0.39, 0.29) is 0 Å². The Morgan fingerprint density at radius 2 is 2.14 bits per heavy atom. The minimum absolute atomic E-state index is 0.961. The third kappa shape index (κ3) is 1.64. The minimum atomic E-state index is 0.961. The highest BCUT2D eigenvalue weighted by Crippen LogP contribution is 2.19. The van der Waals surface area contributed by atoms with Crippen molar-refractivity contribution in [3.63, 3.8) is 0 Å². The molecule has 0 aliphatic rings. The fraction of sp³-hybridized carbons (Fsp3) is 0.167. The first kappa shape index (κ1) is 8.88. The Kier molecular flexibility index (Phi) is 2.27. The van der Waals surface area contributed by atoms with E-state index in [1.165, 1.54) is 0 Å². The molecule has 0 bridgehead atoms. The van der Waals surface area contributed by atoms with Gasteiger partial charge in [0.25, 0.3) is 0 Å². The molecule has 0 aromatic carbocycles. The lowest BCUT2D eigenvalue weighted by atomic mass is 10.1. The van der Waals surface area contributed by atoms with E-state index < -0.39 is 0 Å². The first-order chi connectivity index (χ1) is 6.77. The molecule has 0 saturated heterocycles. The van der Waals surface area contributed by atoms with Crippen molar-refractivity contribution in [3.05, 3.63) is 47.9 Å². The van der Waals surface area contributed by atoms with Crippen LogP contribution in [-0.4, -0.2) is 9.97 Å². The van der Waals surface area contributed by atoms with Crippen LogP contribution in [0, 0.1) is 20.0 Å². The first-order valence-electron chi connectivity index (χ1n) is 4.53. The fourth-order valence-electron chi connectivity index (χ4n) is 1.39. The Morgan fingerprint density at radius 3 is 2.86 bits per heavy atom. The van der Waals surface area contributed by atoms with Crippen LogP contribution in [0.2, 0.25) is 0 Å². The van der Waals surface area contributed by atoms with Crippen molar-refractivity contribution in [2.75, 3.05) is 0 Å². The number of hydrogen-bond donors (Lipinski definition) is 0. The van der Waals surface area contributed by atoms with Crippen LogP contribution in [0.4, 0.5) is 0 Å². The summed E-state index contributed by atoms with van der Waals surface area (Å²) in [6.07, 6.45) is 6.54. The fourth-order valence-corrected chi connectivity index (χ4v) is 1.39. The van der Waals surface area contributed by atoms with Crippen LogP contribution in [0.3, 0.4) is 0 Å². The van der Waals surface area contributed by atoms with E-state index in [1.54, 1.807) is 12.4 Å². The lowest BCUT2D eigenvalue weighted by molar-refractivity contribution is 1.21. The highest BCUT2D eigenvalue weighted by Gasteiger charge is 2.02. The molecule has 0 unspecified atom stereocenters. The maximum Gasteiger partial charge on any atom is 0.0987 e. The number of hydrogen-bond acceptors (Lipinski definition) is 2. The zero-order chi connectivity index (χ0) is 9.97. The second-order valence-corrected chi connectivity index (χ2v) is 3.34. The van der Waals surface area contributed by atoms with Crippen molar-refractivity contribution in [2.45, 2.75) is 13.8 Å². The molecule has 2 rings (SSSR count). The molecule has 2 heteroatoms. The van der Waals surface area contributed by atoms with Gasteiger partial charge in [0.1, 0.15) is 0 Å². The molecular weight excluding hydrogens is 172 g/mol. The van der Waals surface area contributed by atoms with Crippen molar-refractivity contribution in [1.82, 2.24) is 9.97 Å². The quantitative estimate of drug-likeness (QED) is 0.679. The maximum atomic E-state index is 4.32. The van der Waals surface area contributed by atoms with E-state index in [9.17, 15) is 0 Å². The Labute approximate surface area is 83.7 Å². The van der Waals surface area contributed by atoms with Crippen molar-refractivity contribution < 1.29 is 0 Å². The van der Waals surface area contributed by atoms with Crippen LogP contribution >= 0.6 is 0 Å². The molecule has 0 aliphatic carbocycles. The molecule has 0 aliphatic heterocycles. The molecule has 2 aromatic heterocycles. The van der Waals surface area contributed by atoms with Gasteiger partial charge in [-0.15, -0.1) is 0 Å². The van der Waals surface area contributed by atoms with Crippen LogP contribution in [0.25, 0.3) is 11.3 Å². The summed E-state index contributed by atoms with van der Waals surface area (Å²) in [5, 5.41) is 0. The topological polar surface area (TPSA) is 25.8 Å². The number of nitrogens with zero attached hydrogens (tertiary/aromatic N) is 2. The van der Waals surface area contributed by atoms with Crippen molar-refractivity contribution in [3.8, 4) is 11.3 Å². The molecule has 0 N–H and O–H groups in total. The summed E-state index contributed by atoms with van der Waals surface area (Å²) >= 11 is 0. The van der Waals surface area contributed by atoms with Gasteiger partial charge in [-0.3, -0.25) is 9.97 Å². The summed E-state index contributed by atoms with van der Waals surface area (Å²) in [4.78, 5) is 8.36. The molecule has 0 fully saturated rings. The van der Waals surface area contributed by atoms with Gasteiger partial charge in [-0.25, -0.2) is 0 Å². The normalized spacial score (nSPS) is 10.1. The first-order valence-corrected chi connectivity index (χ1v) is 4.53. The largest absolute Gasteiger partial charge is 0.256 e. The highest BCUT2D eigenvalue weighted by molar-refractivity contribution is 5.61. The summed E-state index contributed by atoms with van der Waals surface area (Å²) in [6.45, 7) is 4.06. The lowest BCUT2D eigenvalue weighted by Crippen LogP contribution is -1.89. The van der Waals surface area contributed by atoms with Gasteiger partial charge < -0.3 is 0 Å². The van der Waals surface area contributed by atoms with E-state index in [2.05, 4.69) is 16.2 Å². The molecule has 0 saturated carbocycles. The zero-order valence-electron chi connectivity index (χ0n) is 8.28. The SMILES string of the molecule is Cc1cn[c]c(-c2ncccc2C)c1.